The van der Waals surface area contributed by atoms with E-state index in [-0.39, 0.29) is 5.54 Å². The molecule has 3 heteroatoms. The first-order valence-corrected chi connectivity index (χ1v) is 7.52. The molecule has 0 amide bonds. The normalized spacial score (nSPS) is 11.4. The van der Waals surface area contributed by atoms with E-state index in [9.17, 15) is 0 Å². The van der Waals surface area contributed by atoms with E-state index >= 15 is 0 Å². The highest BCUT2D eigenvalue weighted by Crippen LogP contribution is 2.17. The van der Waals surface area contributed by atoms with Crippen LogP contribution in [0.3, 0.4) is 0 Å². The Hall–Kier alpha value is -1.87. The molecule has 0 aliphatic heterocycles. The minimum Gasteiger partial charge on any atom is -0.355 e. The van der Waals surface area contributed by atoms with Gasteiger partial charge in [-0.15, -0.1) is 0 Å². The number of nitrogens with one attached hydrogen (secondary N) is 2. The van der Waals surface area contributed by atoms with E-state index in [1.807, 2.05) is 25.3 Å². The highest BCUT2D eigenvalue weighted by atomic mass is 14.9. The largest absolute Gasteiger partial charge is 0.355 e. The zero-order chi connectivity index (χ0) is 15.3. The molecule has 21 heavy (non-hydrogen) atoms. The molecule has 112 valence electrons. The van der Waals surface area contributed by atoms with E-state index < -0.39 is 0 Å². The molecule has 1 aromatic heterocycles. The van der Waals surface area contributed by atoms with Crippen molar-refractivity contribution in [2.75, 3.05) is 5.32 Å². The van der Waals surface area contributed by atoms with Crippen LogP contribution in [0.15, 0.2) is 42.6 Å². The first kappa shape index (κ1) is 15.5. The Labute approximate surface area is 127 Å². The lowest BCUT2D eigenvalue weighted by Crippen LogP contribution is -2.37. The molecule has 0 radical (unpaired) electrons. The Morgan fingerprint density at radius 2 is 1.76 bits per heavy atom. The highest BCUT2D eigenvalue weighted by molar-refractivity contribution is 5.59. The van der Waals surface area contributed by atoms with Gasteiger partial charge in [-0.1, -0.05) is 19.1 Å². The third-order valence-electron chi connectivity index (χ3n) is 3.79. The Bertz CT molecular complexity index is 573. The molecule has 0 aliphatic carbocycles. The average Bonchev–Trinajstić information content (AvgIpc) is 2.47. The molecule has 2 N–H and O–H groups in total. The molecule has 2 rings (SSSR count). The van der Waals surface area contributed by atoms with Gasteiger partial charge in [0.1, 0.15) is 0 Å². The smallest absolute Gasteiger partial charge is 0.0417 e. The minimum absolute atomic E-state index is 0.186. The maximum absolute atomic E-state index is 4.20. The Morgan fingerprint density at radius 3 is 2.38 bits per heavy atom. The number of rotatable bonds is 6. The lowest BCUT2D eigenvalue weighted by molar-refractivity contribution is 0.374. The van der Waals surface area contributed by atoms with Gasteiger partial charge in [-0.3, -0.25) is 4.98 Å². The van der Waals surface area contributed by atoms with Gasteiger partial charge in [0.25, 0.3) is 0 Å². The van der Waals surface area contributed by atoms with Crippen molar-refractivity contribution in [2.45, 2.75) is 46.2 Å². The van der Waals surface area contributed by atoms with Gasteiger partial charge in [0, 0.05) is 35.3 Å². The molecular formula is C18H25N3. The topological polar surface area (TPSA) is 37.0 Å². The number of aryl methyl sites for hydroxylation is 1. The van der Waals surface area contributed by atoms with Gasteiger partial charge in [-0.2, -0.15) is 0 Å². The van der Waals surface area contributed by atoms with Crippen LogP contribution in [0.4, 0.5) is 11.4 Å². The second-order valence-corrected chi connectivity index (χ2v) is 6.10. The van der Waals surface area contributed by atoms with Crippen LogP contribution in [0.5, 0.6) is 0 Å². The number of aromatic nitrogens is 1. The minimum atomic E-state index is 0.186. The Morgan fingerprint density at radius 1 is 1.05 bits per heavy atom. The van der Waals surface area contributed by atoms with E-state index in [0.717, 1.165) is 30.0 Å². The van der Waals surface area contributed by atoms with Gasteiger partial charge in [0.2, 0.25) is 0 Å². The lowest BCUT2D eigenvalue weighted by atomic mass is 10.0. The fourth-order valence-corrected chi connectivity index (χ4v) is 1.96. The number of nitrogens with zero attached hydrogens (tertiary/aromatic N) is 1. The van der Waals surface area contributed by atoms with Crippen molar-refractivity contribution < 1.29 is 0 Å². The van der Waals surface area contributed by atoms with E-state index in [1.54, 1.807) is 0 Å². The SMILES string of the molecule is CCC(C)(C)NCc1ccc(Nc2ccnc(C)c2)cc1. The van der Waals surface area contributed by atoms with E-state index in [1.165, 1.54) is 5.56 Å². The monoisotopic (exact) mass is 283 g/mol. The molecule has 1 aromatic carbocycles. The van der Waals surface area contributed by atoms with Crippen molar-refractivity contribution in [3.8, 4) is 0 Å². The molecular weight excluding hydrogens is 258 g/mol. The summed E-state index contributed by atoms with van der Waals surface area (Å²) in [6.07, 6.45) is 2.94. The number of benzene rings is 1. The van der Waals surface area contributed by atoms with Crippen LogP contribution in [-0.4, -0.2) is 10.5 Å². The summed E-state index contributed by atoms with van der Waals surface area (Å²) >= 11 is 0. The summed E-state index contributed by atoms with van der Waals surface area (Å²) in [6.45, 7) is 9.56. The van der Waals surface area contributed by atoms with Crippen molar-refractivity contribution in [2.24, 2.45) is 0 Å². The highest BCUT2D eigenvalue weighted by Gasteiger charge is 2.13. The van der Waals surface area contributed by atoms with Crippen LogP contribution >= 0.6 is 0 Å². The zero-order valence-corrected chi connectivity index (χ0v) is 13.4. The van der Waals surface area contributed by atoms with Gasteiger partial charge >= 0.3 is 0 Å². The second-order valence-electron chi connectivity index (χ2n) is 6.10. The summed E-state index contributed by atoms with van der Waals surface area (Å²) in [5.41, 5.74) is 4.67. The molecule has 0 fully saturated rings. The van der Waals surface area contributed by atoms with Gasteiger partial charge < -0.3 is 10.6 Å². The summed E-state index contributed by atoms with van der Waals surface area (Å²) in [5, 5.41) is 6.97. The van der Waals surface area contributed by atoms with Gasteiger partial charge in [0.15, 0.2) is 0 Å². The molecule has 0 saturated carbocycles. The lowest BCUT2D eigenvalue weighted by Gasteiger charge is -2.24. The average molecular weight is 283 g/mol. The third-order valence-corrected chi connectivity index (χ3v) is 3.79. The van der Waals surface area contributed by atoms with Crippen LogP contribution < -0.4 is 10.6 Å². The van der Waals surface area contributed by atoms with E-state index in [4.69, 9.17) is 0 Å². The third kappa shape index (κ3) is 4.87. The summed E-state index contributed by atoms with van der Waals surface area (Å²) < 4.78 is 0. The van der Waals surface area contributed by atoms with Gasteiger partial charge in [-0.25, -0.2) is 0 Å². The molecule has 1 heterocycles. The molecule has 0 unspecified atom stereocenters. The molecule has 0 aliphatic rings. The number of hydrogen-bond donors (Lipinski definition) is 2. The summed E-state index contributed by atoms with van der Waals surface area (Å²) in [6, 6.07) is 12.6. The fraction of sp³-hybridized carbons (Fsp3) is 0.389. The molecule has 0 atom stereocenters. The molecule has 0 spiro atoms. The second kappa shape index (κ2) is 6.72. The van der Waals surface area contributed by atoms with Crippen molar-refractivity contribution in [1.82, 2.24) is 10.3 Å². The van der Waals surface area contributed by atoms with Crippen molar-refractivity contribution in [3.05, 3.63) is 53.9 Å². The summed E-state index contributed by atoms with van der Waals surface area (Å²) in [4.78, 5) is 4.20. The quantitative estimate of drug-likeness (QED) is 0.824. The molecule has 2 aromatic rings. The first-order valence-electron chi connectivity index (χ1n) is 7.52. The number of anilines is 2. The predicted molar refractivity (Wildman–Crippen MR) is 89.9 cm³/mol. The van der Waals surface area contributed by atoms with Crippen LogP contribution in [-0.2, 0) is 6.54 Å². The standard InChI is InChI=1S/C18H25N3/c1-5-18(3,4)20-13-15-6-8-16(9-7-15)21-17-10-11-19-14(2)12-17/h6-12,20H,5,13H2,1-4H3,(H,19,21). The first-order chi connectivity index (χ1) is 9.98. The Balaban J connectivity index is 1.96. The van der Waals surface area contributed by atoms with E-state index in [0.29, 0.717) is 0 Å². The molecule has 0 bridgehead atoms. The van der Waals surface area contributed by atoms with Crippen LogP contribution in [0.25, 0.3) is 0 Å². The predicted octanol–water partition coefficient (Wildman–Crippen LogP) is 4.41. The zero-order valence-electron chi connectivity index (χ0n) is 13.4. The van der Waals surface area contributed by atoms with E-state index in [2.05, 4.69) is 60.7 Å². The number of hydrogen-bond acceptors (Lipinski definition) is 3. The Kier molecular flexibility index (Phi) is 4.97. The van der Waals surface area contributed by atoms with Crippen molar-refractivity contribution in [1.29, 1.82) is 0 Å². The van der Waals surface area contributed by atoms with Crippen molar-refractivity contribution in [3.63, 3.8) is 0 Å². The number of pyridine rings is 1. The van der Waals surface area contributed by atoms with Gasteiger partial charge in [-0.05, 0) is 57.0 Å². The van der Waals surface area contributed by atoms with Crippen LogP contribution in [0.2, 0.25) is 0 Å². The fourth-order valence-electron chi connectivity index (χ4n) is 1.96. The molecule has 0 saturated heterocycles. The van der Waals surface area contributed by atoms with Gasteiger partial charge in [0.05, 0.1) is 0 Å². The maximum atomic E-state index is 4.20. The summed E-state index contributed by atoms with van der Waals surface area (Å²) in [5.74, 6) is 0. The van der Waals surface area contributed by atoms with Crippen LogP contribution in [0.1, 0.15) is 38.4 Å². The maximum Gasteiger partial charge on any atom is 0.0417 e. The van der Waals surface area contributed by atoms with Crippen LogP contribution in [0, 0.1) is 6.92 Å². The molecule has 3 nitrogen and oxygen atoms in total. The van der Waals surface area contributed by atoms with Crippen molar-refractivity contribution >= 4 is 11.4 Å². The summed E-state index contributed by atoms with van der Waals surface area (Å²) in [7, 11) is 0.